The molecule has 0 aromatic rings. The van der Waals surface area contributed by atoms with Gasteiger partial charge in [-0.3, -0.25) is 14.4 Å². The van der Waals surface area contributed by atoms with Gasteiger partial charge in [0.2, 0.25) is 0 Å². The van der Waals surface area contributed by atoms with E-state index < -0.39 is 12.1 Å². The SMILES string of the molecule is CC/C=C/C/C=C/C/C=C/C/C=C/C/C=C/CCC(=O)OC(COC(=O)CC/C=C/C/C=C/CCCCCCCC)COC(=O)CCC/C=C/C/C=C/C/C=C/CCCCCCCC. The third kappa shape index (κ3) is 48.8. The molecule has 0 saturated carbocycles. The second-order valence-electron chi connectivity index (χ2n) is 16.3. The van der Waals surface area contributed by atoms with Crippen LogP contribution in [0.4, 0.5) is 0 Å². The Labute approximate surface area is 392 Å². The van der Waals surface area contributed by atoms with Crippen molar-refractivity contribution >= 4 is 17.9 Å². The molecule has 0 rings (SSSR count). The zero-order chi connectivity index (χ0) is 46.5. The van der Waals surface area contributed by atoms with Gasteiger partial charge in [-0.25, -0.2) is 0 Å². The molecule has 0 aliphatic carbocycles. The number of allylic oxidation sites excluding steroid dienone is 20. The fourth-order valence-electron chi connectivity index (χ4n) is 6.38. The molecule has 360 valence electrons. The summed E-state index contributed by atoms with van der Waals surface area (Å²) in [6.07, 6.45) is 70.7. The smallest absolute Gasteiger partial charge is 0.306 e. The van der Waals surface area contributed by atoms with Gasteiger partial charge in [-0.05, 0) is 103 Å². The molecule has 0 aromatic heterocycles. The molecule has 0 heterocycles. The van der Waals surface area contributed by atoms with Gasteiger partial charge in [-0.1, -0.05) is 206 Å². The third-order valence-corrected chi connectivity index (χ3v) is 10.2. The summed E-state index contributed by atoms with van der Waals surface area (Å²) in [6.45, 7) is 6.33. The van der Waals surface area contributed by atoms with Crippen molar-refractivity contribution in [3.63, 3.8) is 0 Å². The van der Waals surface area contributed by atoms with E-state index in [0.29, 0.717) is 19.3 Å². The molecule has 0 bridgehead atoms. The first-order chi connectivity index (χ1) is 31.5. The molecular formula is C58H92O6. The summed E-state index contributed by atoms with van der Waals surface area (Å²) in [5.74, 6) is -1.16. The lowest BCUT2D eigenvalue weighted by molar-refractivity contribution is -0.166. The highest BCUT2D eigenvalue weighted by atomic mass is 16.6. The van der Waals surface area contributed by atoms with Gasteiger partial charge in [-0.15, -0.1) is 0 Å². The highest BCUT2D eigenvalue weighted by molar-refractivity contribution is 5.71. The Morgan fingerprint density at radius 2 is 0.641 bits per heavy atom. The van der Waals surface area contributed by atoms with Crippen molar-refractivity contribution in [2.24, 2.45) is 0 Å². The minimum atomic E-state index is -0.863. The van der Waals surface area contributed by atoms with Crippen LogP contribution in [0.25, 0.3) is 0 Å². The van der Waals surface area contributed by atoms with Crippen molar-refractivity contribution < 1.29 is 28.6 Å². The highest BCUT2D eigenvalue weighted by Crippen LogP contribution is 2.10. The van der Waals surface area contributed by atoms with Gasteiger partial charge in [0, 0.05) is 19.3 Å². The van der Waals surface area contributed by atoms with Crippen molar-refractivity contribution in [3.05, 3.63) is 122 Å². The third-order valence-electron chi connectivity index (χ3n) is 10.2. The summed E-state index contributed by atoms with van der Waals surface area (Å²) >= 11 is 0. The van der Waals surface area contributed by atoms with Gasteiger partial charge < -0.3 is 14.2 Å². The number of rotatable bonds is 44. The van der Waals surface area contributed by atoms with Crippen LogP contribution in [0.3, 0.4) is 0 Å². The molecule has 64 heavy (non-hydrogen) atoms. The lowest BCUT2D eigenvalue weighted by Gasteiger charge is -2.18. The monoisotopic (exact) mass is 885 g/mol. The molecule has 1 atom stereocenters. The molecule has 0 amide bonds. The van der Waals surface area contributed by atoms with E-state index in [9.17, 15) is 14.4 Å². The molecule has 0 aliphatic heterocycles. The Kier molecular flexibility index (Phi) is 48.1. The molecule has 0 radical (unpaired) electrons. The average molecular weight is 885 g/mol. The van der Waals surface area contributed by atoms with Crippen molar-refractivity contribution in [3.8, 4) is 0 Å². The van der Waals surface area contributed by atoms with Gasteiger partial charge in [0.15, 0.2) is 6.10 Å². The lowest BCUT2D eigenvalue weighted by atomic mass is 10.1. The number of esters is 3. The molecule has 6 nitrogen and oxygen atoms in total. The van der Waals surface area contributed by atoms with Crippen LogP contribution < -0.4 is 0 Å². The fraction of sp³-hybridized carbons (Fsp3) is 0.603. The van der Waals surface area contributed by atoms with Gasteiger partial charge in [0.05, 0.1) is 0 Å². The van der Waals surface area contributed by atoms with E-state index in [1.54, 1.807) is 0 Å². The van der Waals surface area contributed by atoms with Crippen LogP contribution >= 0.6 is 0 Å². The second kappa shape index (κ2) is 51.4. The van der Waals surface area contributed by atoms with Crippen LogP contribution in [0.15, 0.2) is 122 Å². The van der Waals surface area contributed by atoms with E-state index in [1.807, 2.05) is 18.2 Å². The number of hydrogen-bond acceptors (Lipinski definition) is 6. The molecular weight excluding hydrogens is 793 g/mol. The van der Waals surface area contributed by atoms with Crippen LogP contribution in [0, 0.1) is 0 Å². The Bertz CT molecular complexity index is 1390. The minimum absolute atomic E-state index is 0.154. The summed E-state index contributed by atoms with van der Waals surface area (Å²) in [6, 6.07) is 0. The van der Waals surface area contributed by atoms with E-state index >= 15 is 0 Å². The molecule has 0 aliphatic rings. The molecule has 0 aromatic carbocycles. The standard InChI is InChI=1S/C58H92O6/c1-4-7-10-13-16-19-22-25-27-29-31-33-36-39-42-45-48-51-57(60)63-54-55(53-62-56(59)50-47-44-41-38-35-32-24-21-18-15-12-9-6-3)64-58(61)52-49-46-43-40-37-34-30-28-26-23-20-17-14-11-8-5-2/h8,11,17,20,25-28,31-35,37,39,41-44,46,55H,4-7,9-10,12-16,18-19,21-24,29-30,36,38,40,45,47-54H2,1-3H3/b11-8+,20-17+,27-25+,28-26+,33-31+,35-32+,37-34+,42-39+,44-41+,46-43+. The highest BCUT2D eigenvalue weighted by Gasteiger charge is 2.19. The van der Waals surface area contributed by atoms with Crippen LogP contribution in [0.5, 0.6) is 0 Å². The molecule has 0 N–H and O–H groups in total. The predicted octanol–water partition coefficient (Wildman–Crippen LogP) is 16.9. The average Bonchev–Trinajstić information content (AvgIpc) is 3.29. The molecule has 1 unspecified atom stereocenters. The summed E-state index contributed by atoms with van der Waals surface area (Å²) in [5, 5.41) is 0. The van der Waals surface area contributed by atoms with E-state index in [4.69, 9.17) is 14.2 Å². The Morgan fingerprint density at radius 3 is 1.05 bits per heavy atom. The first kappa shape index (κ1) is 59.8. The summed E-state index contributed by atoms with van der Waals surface area (Å²) in [5.41, 5.74) is 0. The first-order valence-electron chi connectivity index (χ1n) is 25.5. The largest absolute Gasteiger partial charge is 0.462 e. The molecule has 0 saturated heterocycles. The Hall–Kier alpha value is -4.19. The fourth-order valence-corrected chi connectivity index (χ4v) is 6.38. The molecule has 6 heteroatoms. The maximum absolute atomic E-state index is 12.7. The number of carbonyl (C=O) groups is 3. The van der Waals surface area contributed by atoms with Gasteiger partial charge in [-0.2, -0.15) is 0 Å². The predicted molar refractivity (Wildman–Crippen MR) is 274 cm³/mol. The van der Waals surface area contributed by atoms with Crippen molar-refractivity contribution in [2.75, 3.05) is 13.2 Å². The number of hydrogen-bond donors (Lipinski definition) is 0. The molecule has 0 fully saturated rings. The second-order valence-corrected chi connectivity index (χ2v) is 16.3. The normalized spacial score (nSPS) is 13.1. The zero-order valence-corrected chi connectivity index (χ0v) is 41.0. The van der Waals surface area contributed by atoms with E-state index in [2.05, 4.69) is 124 Å². The van der Waals surface area contributed by atoms with Crippen LogP contribution in [0.1, 0.15) is 207 Å². The van der Waals surface area contributed by atoms with Crippen LogP contribution in [-0.2, 0) is 28.6 Å². The van der Waals surface area contributed by atoms with Crippen molar-refractivity contribution in [1.82, 2.24) is 0 Å². The lowest BCUT2D eigenvalue weighted by Crippen LogP contribution is -2.30. The topological polar surface area (TPSA) is 78.9 Å². The van der Waals surface area contributed by atoms with Gasteiger partial charge in [0.1, 0.15) is 13.2 Å². The Balaban J connectivity index is 4.65. The van der Waals surface area contributed by atoms with E-state index in [-0.39, 0.29) is 44.4 Å². The summed E-state index contributed by atoms with van der Waals surface area (Å²) < 4.78 is 16.6. The van der Waals surface area contributed by atoms with Crippen molar-refractivity contribution in [2.45, 2.75) is 213 Å². The van der Waals surface area contributed by atoms with E-state index in [1.165, 1.54) is 83.5 Å². The number of unbranched alkanes of at least 4 members (excludes halogenated alkanes) is 13. The first-order valence-corrected chi connectivity index (χ1v) is 25.5. The quantitative estimate of drug-likeness (QED) is 0.0262. The maximum atomic E-state index is 12.7. The molecule has 0 spiro atoms. The number of carbonyl (C=O) groups excluding carboxylic acids is 3. The van der Waals surface area contributed by atoms with E-state index in [0.717, 1.165) is 64.2 Å². The van der Waals surface area contributed by atoms with Crippen LogP contribution in [0.2, 0.25) is 0 Å². The summed E-state index contributed by atoms with van der Waals surface area (Å²) in [7, 11) is 0. The summed E-state index contributed by atoms with van der Waals surface area (Å²) in [4.78, 5) is 37.9. The Morgan fingerprint density at radius 1 is 0.328 bits per heavy atom. The number of ether oxygens (including phenoxy) is 3. The van der Waals surface area contributed by atoms with Gasteiger partial charge in [0.25, 0.3) is 0 Å². The van der Waals surface area contributed by atoms with Gasteiger partial charge >= 0.3 is 17.9 Å². The maximum Gasteiger partial charge on any atom is 0.306 e. The minimum Gasteiger partial charge on any atom is -0.462 e. The van der Waals surface area contributed by atoms with Crippen LogP contribution in [-0.4, -0.2) is 37.2 Å². The zero-order valence-electron chi connectivity index (χ0n) is 41.0. The van der Waals surface area contributed by atoms with Crippen molar-refractivity contribution in [1.29, 1.82) is 0 Å².